The van der Waals surface area contributed by atoms with E-state index in [2.05, 4.69) is 175 Å². The molecule has 0 fully saturated rings. The summed E-state index contributed by atoms with van der Waals surface area (Å²) in [6.07, 6.45) is 17.2. The van der Waals surface area contributed by atoms with Crippen molar-refractivity contribution < 1.29 is 4.42 Å². The first-order chi connectivity index (χ1) is 25.8. The molecule has 0 spiro atoms. The lowest BCUT2D eigenvalue weighted by molar-refractivity contribution is 0.669. The van der Waals surface area contributed by atoms with Gasteiger partial charge in [0.1, 0.15) is 11.2 Å². The van der Waals surface area contributed by atoms with Crippen LogP contribution in [0.4, 0.5) is 11.4 Å². The summed E-state index contributed by atoms with van der Waals surface area (Å²) < 4.78 is 6.17. The summed E-state index contributed by atoms with van der Waals surface area (Å²) in [4.78, 5) is 2.54. The first kappa shape index (κ1) is 30.4. The van der Waals surface area contributed by atoms with Crippen molar-refractivity contribution in [1.29, 1.82) is 0 Å². The number of rotatable bonds is 6. The summed E-state index contributed by atoms with van der Waals surface area (Å²) in [5, 5.41) is 7.35. The van der Waals surface area contributed by atoms with Crippen LogP contribution < -0.4 is 4.90 Å². The third-order valence-electron chi connectivity index (χ3n) is 10.8. The first-order valence-corrected chi connectivity index (χ1v) is 18.3. The number of furan rings is 1. The van der Waals surface area contributed by atoms with E-state index in [1.807, 2.05) is 12.1 Å². The Morgan fingerprint density at radius 1 is 0.519 bits per heavy atom. The lowest BCUT2D eigenvalue weighted by atomic mass is 9.92. The summed E-state index contributed by atoms with van der Waals surface area (Å²) in [6, 6.07) is 52.9. The van der Waals surface area contributed by atoms with Crippen molar-refractivity contribution in [3.63, 3.8) is 0 Å². The maximum absolute atomic E-state index is 6.17. The first-order valence-electron chi connectivity index (χ1n) is 18.3. The van der Waals surface area contributed by atoms with Crippen LogP contribution in [0.1, 0.15) is 30.4 Å². The summed E-state index contributed by atoms with van der Waals surface area (Å²) >= 11 is 0. The van der Waals surface area contributed by atoms with E-state index >= 15 is 0 Å². The zero-order valence-corrected chi connectivity index (χ0v) is 28.9. The highest BCUT2D eigenvalue weighted by molar-refractivity contribution is 6.19. The van der Waals surface area contributed by atoms with E-state index in [9.17, 15) is 0 Å². The van der Waals surface area contributed by atoms with Gasteiger partial charge in [-0.3, -0.25) is 0 Å². The maximum atomic E-state index is 6.17. The number of para-hydroxylation sites is 2. The summed E-state index contributed by atoms with van der Waals surface area (Å²) in [7, 11) is 0. The number of allylic oxidation sites excluding steroid dienone is 6. The van der Waals surface area contributed by atoms with E-state index in [-0.39, 0.29) is 6.04 Å². The molecule has 10 rings (SSSR count). The molecular weight excluding hydrogens is 631 g/mol. The lowest BCUT2D eigenvalue weighted by Crippen LogP contribution is -2.30. The van der Waals surface area contributed by atoms with E-state index in [0.29, 0.717) is 0 Å². The molecule has 2 nitrogen and oxygen atoms in total. The molecule has 1 unspecified atom stereocenters. The fourth-order valence-electron chi connectivity index (χ4n) is 8.28. The molecule has 1 heterocycles. The Balaban J connectivity index is 1.02. The number of fused-ring (bicyclic) bond motifs is 6. The van der Waals surface area contributed by atoms with Gasteiger partial charge in [-0.1, -0.05) is 146 Å². The quantitative estimate of drug-likeness (QED) is 0.175. The molecule has 0 radical (unpaired) electrons. The summed E-state index contributed by atoms with van der Waals surface area (Å²) in [5.74, 6) is 0. The summed E-state index contributed by atoms with van der Waals surface area (Å²) in [5.41, 5.74) is 11.8. The minimum absolute atomic E-state index is 0.152. The van der Waals surface area contributed by atoms with Gasteiger partial charge < -0.3 is 9.32 Å². The molecule has 2 aliphatic carbocycles. The van der Waals surface area contributed by atoms with Crippen LogP contribution in [0.3, 0.4) is 0 Å². The second-order valence-corrected chi connectivity index (χ2v) is 13.9. The van der Waals surface area contributed by atoms with Gasteiger partial charge in [-0.05, 0) is 105 Å². The molecule has 1 aromatic heterocycles. The van der Waals surface area contributed by atoms with Crippen molar-refractivity contribution in [2.24, 2.45) is 0 Å². The van der Waals surface area contributed by atoms with Crippen LogP contribution in [-0.2, 0) is 0 Å². The number of hydrogen-bond acceptors (Lipinski definition) is 2. The molecule has 0 N–H and O–H groups in total. The average Bonchev–Trinajstić information content (AvgIpc) is 3.61. The van der Waals surface area contributed by atoms with Gasteiger partial charge in [-0.2, -0.15) is 0 Å². The number of nitrogens with zero attached hydrogens (tertiary/aromatic N) is 1. The second-order valence-electron chi connectivity index (χ2n) is 13.9. The predicted octanol–water partition coefficient (Wildman–Crippen LogP) is 13.8. The maximum Gasteiger partial charge on any atom is 0.136 e. The van der Waals surface area contributed by atoms with E-state index in [4.69, 9.17) is 4.42 Å². The molecule has 0 saturated carbocycles. The third kappa shape index (κ3) is 5.27. The fourth-order valence-corrected chi connectivity index (χ4v) is 8.28. The number of anilines is 2. The van der Waals surface area contributed by atoms with Crippen LogP contribution in [-0.4, -0.2) is 6.04 Å². The van der Waals surface area contributed by atoms with Gasteiger partial charge in [-0.25, -0.2) is 0 Å². The number of benzene rings is 7. The van der Waals surface area contributed by atoms with Crippen molar-refractivity contribution in [3.8, 4) is 11.1 Å². The Morgan fingerprint density at radius 2 is 1.31 bits per heavy atom. The number of hydrogen-bond donors (Lipinski definition) is 0. The van der Waals surface area contributed by atoms with Crippen molar-refractivity contribution in [1.82, 2.24) is 0 Å². The van der Waals surface area contributed by atoms with Gasteiger partial charge in [0.2, 0.25) is 0 Å². The highest BCUT2D eigenvalue weighted by Gasteiger charge is 2.24. The van der Waals surface area contributed by atoms with Crippen molar-refractivity contribution >= 4 is 66.0 Å². The summed E-state index contributed by atoms with van der Waals surface area (Å²) in [6.45, 7) is 0. The van der Waals surface area contributed by atoms with Gasteiger partial charge in [0.25, 0.3) is 0 Å². The molecule has 0 aliphatic heterocycles. The molecule has 52 heavy (non-hydrogen) atoms. The van der Waals surface area contributed by atoms with Gasteiger partial charge >= 0.3 is 0 Å². The zero-order chi connectivity index (χ0) is 34.4. The highest BCUT2D eigenvalue weighted by Crippen LogP contribution is 2.41. The Hall–Kier alpha value is -6.38. The van der Waals surface area contributed by atoms with Crippen molar-refractivity contribution in [3.05, 3.63) is 193 Å². The van der Waals surface area contributed by atoms with Gasteiger partial charge in [-0.15, -0.1) is 0 Å². The monoisotopic (exact) mass is 667 g/mol. The predicted molar refractivity (Wildman–Crippen MR) is 221 cm³/mol. The van der Waals surface area contributed by atoms with Crippen LogP contribution in [0.2, 0.25) is 0 Å². The van der Waals surface area contributed by atoms with Crippen molar-refractivity contribution in [2.45, 2.75) is 25.3 Å². The molecule has 0 bridgehead atoms. The Bertz CT molecular complexity index is 2770. The van der Waals surface area contributed by atoms with Crippen LogP contribution in [0, 0.1) is 0 Å². The molecule has 8 aromatic rings. The van der Waals surface area contributed by atoms with E-state index in [0.717, 1.165) is 30.4 Å². The topological polar surface area (TPSA) is 16.4 Å². The van der Waals surface area contributed by atoms with Gasteiger partial charge in [0.05, 0.1) is 6.04 Å². The van der Waals surface area contributed by atoms with Crippen molar-refractivity contribution in [2.75, 3.05) is 4.90 Å². The Morgan fingerprint density at radius 3 is 2.17 bits per heavy atom. The minimum atomic E-state index is 0.152. The molecule has 2 heteroatoms. The highest BCUT2D eigenvalue weighted by atomic mass is 16.3. The minimum Gasteiger partial charge on any atom is -0.456 e. The van der Waals surface area contributed by atoms with Gasteiger partial charge in [0.15, 0.2) is 0 Å². The van der Waals surface area contributed by atoms with E-state index in [1.54, 1.807) is 0 Å². The molecule has 7 aromatic carbocycles. The Labute approximate surface area is 303 Å². The van der Waals surface area contributed by atoms with Crippen LogP contribution in [0.5, 0.6) is 0 Å². The van der Waals surface area contributed by atoms with Gasteiger partial charge in [0, 0.05) is 27.7 Å². The van der Waals surface area contributed by atoms with Crippen LogP contribution in [0.25, 0.3) is 65.8 Å². The molecule has 2 aliphatic rings. The second kappa shape index (κ2) is 12.7. The van der Waals surface area contributed by atoms with E-state index < -0.39 is 0 Å². The third-order valence-corrected chi connectivity index (χ3v) is 10.8. The fraction of sp³-hybridized carbons (Fsp3) is 0.0800. The van der Waals surface area contributed by atoms with E-state index in [1.165, 1.54) is 77.1 Å². The molecule has 1 atom stereocenters. The lowest BCUT2D eigenvalue weighted by Gasteiger charge is -2.35. The average molecular weight is 668 g/mol. The zero-order valence-electron chi connectivity index (χ0n) is 28.9. The standard InChI is InChI=1S/C50H37NO/c1-2-11-36(12-3-1)44-16-6-8-19-47(44)51(41-29-23-37(24-30-41)43-18-10-14-35-13-4-5-15-42(35)43)40-27-21-34(22-28-40)38-25-31-45-39(33-38)26-32-49-50(45)46-17-7-9-20-48(46)52-49/h2,4-27,29-33,40H,1,3,28H2. The smallest absolute Gasteiger partial charge is 0.136 e. The molecular formula is C50H37NO. The van der Waals surface area contributed by atoms with Crippen LogP contribution in [0.15, 0.2) is 186 Å². The molecule has 248 valence electrons. The largest absolute Gasteiger partial charge is 0.456 e. The SMILES string of the molecule is C1=CC(c2ccccc2N(c2ccc(-c3cccc4ccccc34)cc2)C2C=CC(c3ccc4c(ccc5oc6ccccc6c54)c3)=CC2)=CCC1. The normalized spacial score (nSPS) is 15.7. The molecule has 0 saturated heterocycles. The molecule has 0 amide bonds. The Kier molecular flexibility index (Phi) is 7.46. The van der Waals surface area contributed by atoms with Crippen LogP contribution >= 0.6 is 0 Å².